The van der Waals surface area contributed by atoms with Gasteiger partial charge in [-0.3, -0.25) is 18.8 Å². The van der Waals surface area contributed by atoms with Gasteiger partial charge < -0.3 is 4.74 Å². The summed E-state index contributed by atoms with van der Waals surface area (Å²) in [4.78, 5) is 29.4. The Bertz CT molecular complexity index is 1030. The summed E-state index contributed by atoms with van der Waals surface area (Å²) >= 11 is 0. The van der Waals surface area contributed by atoms with Crippen molar-refractivity contribution < 1.29 is 22.7 Å². The minimum absolute atomic E-state index is 0.0290. The molecule has 3 rings (SSSR count). The first-order valence-electron chi connectivity index (χ1n) is 9.00. The minimum atomic E-state index is -3.79. The number of rotatable bonds is 7. The van der Waals surface area contributed by atoms with Gasteiger partial charge in [0.15, 0.2) is 0 Å². The molecule has 0 spiro atoms. The highest BCUT2D eigenvalue weighted by molar-refractivity contribution is 7.92. The Kier molecular flexibility index (Phi) is 5.97. The predicted molar refractivity (Wildman–Crippen MR) is 108 cm³/mol. The zero-order valence-corrected chi connectivity index (χ0v) is 16.9. The first kappa shape index (κ1) is 20.5. The maximum absolute atomic E-state index is 13.0. The lowest BCUT2D eigenvalue weighted by Gasteiger charge is -2.23. The van der Waals surface area contributed by atoms with Gasteiger partial charge in [0.05, 0.1) is 19.2 Å². The molecule has 1 aliphatic rings. The van der Waals surface area contributed by atoms with E-state index in [2.05, 4.69) is 9.72 Å². The van der Waals surface area contributed by atoms with Crippen LogP contribution < -0.4 is 9.21 Å². The number of ether oxygens (including phenoxy) is 1. The molecule has 9 heteroatoms. The van der Waals surface area contributed by atoms with E-state index in [0.29, 0.717) is 17.1 Å². The van der Waals surface area contributed by atoms with Gasteiger partial charge in [0.2, 0.25) is 0 Å². The van der Waals surface area contributed by atoms with E-state index in [4.69, 9.17) is 0 Å². The number of methoxy groups -OCH3 is 1. The molecule has 0 aliphatic carbocycles. The third-order valence-corrected chi connectivity index (χ3v) is 6.41. The van der Waals surface area contributed by atoms with Crippen LogP contribution in [0.4, 0.5) is 11.5 Å². The van der Waals surface area contributed by atoms with Crippen molar-refractivity contribution in [2.45, 2.75) is 18.2 Å². The van der Waals surface area contributed by atoms with Crippen LogP contribution in [0.2, 0.25) is 0 Å². The molecule has 0 saturated carbocycles. The largest absolute Gasteiger partial charge is 0.469 e. The molecule has 1 aromatic carbocycles. The number of carbonyl (C=O) groups is 2. The fourth-order valence-corrected chi connectivity index (χ4v) is 4.44. The fourth-order valence-electron chi connectivity index (χ4n) is 3.02. The average molecular weight is 415 g/mol. The Morgan fingerprint density at radius 2 is 1.93 bits per heavy atom. The van der Waals surface area contributed by atoms with E-state index >= 15 is 0 Å². The maximum Gasteiger partial charge on any atom is 0.310 e. The standard InChI is InChI=1S/C20H21N3O5S/c1-3-23(16-7-5-4-6-8-16)29(26,27)17-9-10-18(21-14-17)22-12-11-15(20(22)25)13-19(24)28-2/h4-11,14H,3,12-13H2,1-2H3. The van der Waals surface area contributed by atoms with Crippen LogP contribution in [0.25, 0.3) is 0 Å². The monoisotopic (exact) mass is 415 g/mol. The van der Waals surface area contributed by atoms with Crippen LogP contribution in [0.3, 0.4) is 0 Å². The second-order valence-corrected chi connectivity index (χ2v) is 8.12. The number of sulfonamides is 1. The summed E-state index contributed by atoms with van der Waals surface area (Å²) in [5.74, 6) is -0.535. The SMILES string of the molecule is CCN(c1ccccc1)S(=O)(=O)c1ccc(N2CC=C(CC(=O)OC)C2=O)nc1. The number of esters is 1. The molecule has 0 bridgehead atoms. The van der Waals surface area contributed by atoms with Gasteiger partial charge in [0.1, 0.15) is 10.7 Å². The summed E-state index contributed by atoms with van der Waals surface area (Å²) in [7, 11) is -2.54. The Morgan fingerprint density at radius 1 is 1.21 bits per heavy atom. The molecular weight excluding hydrogens is 394 g/mol. The van der Waals surface area contributed by atoms with Crippen molar-refractivity contribution in [1.82, 2.24) is 4.98 Å². The molecule has 0 saturated heterocycles. The highest BCUT2D eigenvalue weighted by atomic mass is 32.2. The molecule has 8 nitrogen and oxygen atoms in total. The first-order chi connectivity index (χ1) is 13.9. The third kappa shape index (κ3) is 4.14. The van der Waals surface area contributed by atoms with Gasteiger partial charge in [-0.1, -0.05) is 24.3 Å². The van der Waals surface area contributed by atoms with Crippen LogP contribution >= 0.6 is 0 Å². The minimum Gasteiger partial charge on any atom is -0.469 e. The first-order valence-corrected chi connectivity index (χ1v) is 10.4. The topological polar surface area (TPSA) is 96.9 Å². The smallest absolute Gasteiger partial charge is 0.310 e. The van der Waals surface area contributed by atoms with Crippen molar-refractivity contribution in [2.24, 2.45) is 0 Å². The third-order valence-electron chi connectivity index (χ3n) is 4.52. The van der Waals surface area contributed by atoms with Crippen molar-refractivity contribution in [2.75, 3.05) is 29.4 Å². The Balaban J connectivity index is 1.80. The Hall–Kier alpha value is -3.20. The van der Waals surface area contributed by atoms with E-state index < -0.39 is 16.0 Å². The molecule has 0 radical (unpaired) electrons. The van der Waals surface area contributed by atoms with Gasteiger partial charge in [-0.05, 0) is 31.2 Å². The normalized spacial score (nSPS) is 13.9. The number of anilines is 2. The Morgan fingerprint density at radius 3 is 2.52 bits per heavy atom. The van der Waals surface area contributed by atoms with Crippen LogP contribution in [0.15, 0.2) is 65.2 Å². The van der Waals surface area contributed by atoms with Crippen LogP contribution in [-0.2, 0) is 24.3 Å². The molecule has 1 aromatic heterocycles. The molecule has 0 atom stereocenters. The van der Waals surface area contributed by atoms with Crippen molar-refractivity contribution in [3.63, 3.8) is 0 Å². The molecular formula is C20H21N3O5S. The molecule has 0 fully saturated rings. The van der Waals surface area contributed by atoms with E-state index in [1.807, 2.05) is 6.07 Å². The lowest BCUT2D eigenvalue weighted by molar-refractivity contribution is -0.140. The number of carbonyl (C=O) groups excluding carboxylic acids is 2. The molecule has 2 aromatic rings. The molecule has 1 amide bonds. The van der Waals surface area contributed by atoms with Gasteiger partial charge in [0, 0.05) is 24.9 Å². The van der Waals surface area contributed by atoms with Crippen molar-refractivity contribution >= 4 is 33.4 Å². The molecule has 1 aliphatic heterocycles. The number of benzene rings is 1. The summed E-state index contributed by atoms with van der Waals surface area (Å²) in [5, 5.41) is 0. The quantitative estimate of drug-likeness (QED) is 0.643. The van der Waals surface area contributed by atoms with E-state index in [0.717, 1.165) is 0 Å². The average Bonchev–Trinajstić information content (AvgIpc) is 3.09. The number of para-hydroxylation sites is 1. The summed E-state index contributed by atoms with van der Waals surface area (Å²) in [6.07, 6.45) is 2.77. The molecule has 0 N–H and O–H groups in total. The zero-order chi connectivity index (χ0) is 21.0. The number of aromatic nitrogens is 1. The number of nitrogens with zero attached hydrogens (tertiary/aromatic N) is 3. The van der Waals surface area contributed by atoms with Crippen molar-refractivity contribution in [3.8, 4) is 0 Å². The highest BCUT2D eigenvalue weighted by Gasteiger charge is 2.29. The van der Waals surface area contributed by atoms with E-state index in [1.54, 1.807) is 37.3 Å². The number of hydrogen-bond donors (Lipinski definition) is 0. The van der Waals surface area contributed by atoms with Gasteiger partial charge in [0.25, 0.3) is 15.9 Å². The van der Waals surface area contributed by atoms with Crippen LogP contribution in [0.5, 0.6) is 0 Å². The van der Waals surface area contributed by atoms with Crippen LogP contribution in [-0.4, -0.2) is 45.5 Å². The van der Waals surface area contributed by atoms with Crippen LogP contribution in [0, 0.1) is 0 Å². The number of hydrogen-bond acceptors (Lipinski definition) is 6. The molecule has 152 valence electrons. The molecule has 0 unspecified atom stereocenters. The van der Waals surface area contributed by atoms with Gasteiger partial charge in [-0.25, -0.2) is 13.4 Å². The second kappa shape index (κ2) is 8.44. The lowest BCUT2D eigenvalue weighted by Crippen LogP contribution is -2.31. The van der Waals surface area contributed by atoms with Crippen LogP contribution in [0.1, 0.15) is 13.3 Å². The van der Waals surface area contributed by atoms with Gasteiger partial charge in [-0.15, -0.1) is 0 Å². The number of pyridine rings is 1. The molecule has 2 heterocycles. The van der Waals surface area contributed by atoms with Crippen molar-refractivity contribution in [3.05, 3.63) is 60.3 Å². The fraction of sp³-hybridized carbons (Fsp3) is 0.250. The molecule has 29 heavy (non-hydrogen) atoms. The maximum atomic E-state index is 13.0. The van der Waals surface area contributed by atoms with Gasteiger partial charge in [-0.2, -0.15) is 0 Å². The Labute approximate surface area is 169 Å². The summed E-state index contributed by atoms with van der Waals surface area (Å²) in [6.45, 7) is 2.28. The lowest BCUT2D eigenvalue weighted by atomic mass is 10.2. The summed E-state index contributed by atoms with van der Waals surface area (Å²) in [6, 6.07) is 11.7. The van der Waals surface area contributed by atoms with E-state index in [9.17, 15) is 18.0 Å². The summed E-state index contributed by atoms with van der Waals surface area (Å²) in [5.41, 5.74) is 0.891. The summed E-state index contributed by atoms with van der Waals surface area (Å²) < 4.78 is 31.9. The van der Waals surface area contributed by atoms with Crippen molar-refractivity contribution in [1.29, 1.82) is 0 Å². The van der Waals surface area contributed by atoms with E-state index in [1.165, 1.54) is 34.6 Å². The number of amides is 1. The van der Waals surface area contributed by atoms with E-state index in [-0.39, 0.29) is 30.3 Å². The van der Waals surface area contributed by atoms with Gasteiger partial charge >= 0.3 is 5.97 Å². The predicted octanol–water partition coefficient (Wildman–Crippen LogP) is 2.13. The highest BCUT2D eigenvalue weighted by Crippen LogP contribution is 2.26. The second-order valence-electron chi connectivity index (χ2n) is 6.26. The zero-order valence-electron chi connectivity index (χ0n) is 16.1.